The number of benzene rings is 2. The highest BCUT2D eigenvalue weighted by Crippen LogP contribution is 2.23. The van der Waals surface area contributed by atoms with Crippen LogP contribution < -0.4 is 5.32 Å². The van der Waals surface area contributed by atoms with Crippen molar-refractivity contribution in [2.45, 2.75) is 26.4 Å². The van der Waals surface area contributed by atoms with Crippen LogP contribution in [-0.2, 0) is 11.3 Å². The molecule has 0 fully saturated rings. The Morgan fingerprint density at radius 1 is 1.15 bits per heavy atom. The summed E-state index contributed by atoms with van der Waals surface area (Å²) in [7, 11) is 1.83. The Bertz CT molecular complexity index is 858. The maximum absolute atomic E-state index is 12.6. The van der Waals surface area contributed by atoms with Crippen molar-refractivity contribution in [1.29, 1.82) is 0 Å². The molecule has 0 aliphatic heterocycles. The largest absolute Gasteiger partial charge is 0.374 e. The van der Waals surface area contributed by atoms with E-state index in [2.05, 4.69) is 15.7 Å². The third-order valence-electron chi connectivity index (χ3n) is 4.19. The Balaban J connectivity index is 1.60. The Labute approximate surface area is 158 Å². The first-order valence-electron chi connectivity index (χ1n) is 8.61. The summed E-state index contributed by atoms with van der Waals surface area (Å²) < 4.78 is 0. The number of rotatable bonds is 6. The van der Waals surface area contributed by atoms with Crippen molar-refractivity contribution in [1.82, 2.24) is 9.88 Å². The number of carbonyl (C=O) groups is 1. The van der Waals surface area contributed by atoms with Gasteiger partial charge in [-0.1, -0.05) is 42.5 Å². The number of carbonyl (C=O) groups excluding carboxylic acids is 1. The first kappa shape index (κ1) is 18.1. The molecule has 134 valence electrons. The fourth-order valence-electron chi connectivity index (χ4n) is 2.81. The third-order valence-corrected chi connectivity index (χ3v) is 4.97. The van der Waals surface area contributed by atoms with Gasteiger partial charge in [-0.25, -0.2) is 4.98 Å². The van der Waals surface area contributed by atoms with Gasteiger partial charge in [0, 0.05) is 30.2 Å². The van der Waals surface area contributed by atoms with E-state index in [1.54, 1.807) is 16.2 Å². The maximum atomic E-state index is 12.6. The normalized spacial score (nSPS) is 11.8. The highest BCUT2D eigenvalue weighted by Gasteiger charge is 2.17. The van der Waals surface area contributed by atoms with Crippen molar-refractivity contribution in [2.24, 2.45) is 0 Å². The molecular formula is C21H23N3OS. The molecule has 0 spiro atoms. The molecule has 26 heavy (non-hydrogen) atoms. The molecule has 1 atom stereocenters. The van der Waals surface area contributed by atoms with Gasteiger partial charge in [0.25, 0.3) is 0 Å². The molecule has 1 unspecified atom stereocenters. The number of likely N-dealkylation sites (N-methyl/N-ethyl adjacent to an activating group) is 1. The number of thiazole rings is 1. The molecule has 0 aliphatic carbocycles. The second kappa shape index (κ2) is 8.15. The van der Waals surface area contributed by atoms with E-state index in [0.717, 1.165) is 27.5 Å². The van der Waals surface area contributed by atoms with E-state index >= 15 is 0 Å². The van der Waals surface area contributed by atoms with Crippen LogP contribution in [0.3, 0.4) is 0 Å². The zero-order valence-corrected chi connectivity index (χ0v) is 16.1. The molecule has 3 rings (SSSR count). The molecule has 2 aromatic carbocycles. The quantitative estimate of drug-likeness (QED) is 0.695. The lowest BCUT2D eigenvalue weighted by Crippen LogP contribution is -2.38. The molecule has 1 aromatic heterocycles. The Kier molecular flexibility index (Phi) is 5.68. The summed E-state index contributed by atoms with van der Waals surface area (Å²) in [6.07, 6.45) is 0. The zero-order valence-electron chi connectivity index (χ0n) is 15.3. The minimum Gasteiger partial charge on any atom is -0.374 e. The summed E-state index contributed by atoms with van der Waals surface area (Å²) in [4.78, 5) is 18.8. The number of nitrogens with one attached hydrogen (secondary N) is 1. The fourth-order valence-corrected chi connectivity index (χ4v) is 3.43. The van der Waals surface area contributed by atoms with Gasteiger partial charge in [0.2, 0.25) is 5.91 Å². The van der Waals surface area contributed by atoms with E-state index in [4.69, 9.17) is 0 Å². The minimum atomic E-state index is -0.295. The molecule has 1 amide bonds. The van der Waals surface area contributed by atoms with E-state index in [0.29, 0.717) is 6.54 Å². The SMILES string of the molecule is Cc1nc(-c2ccc(NC(C)C(=O)N(C)Cc3ccccc3)cc2)cs1. The molecule has 0 radical (unpaired) electrons. The van der Waals surface area contributed by atoms with Gasteiger partial charge in [-0.2, -0.15) is 0 Å². The van der Waals surface area contributed by atoms with Gasteiger partial charge in [-0.05, 0) is 31.5 Å². The van der Waals surface area contributed by atoms with Crippen molar-refractivity contribution in [3.05, 3.63) is 70.5 Å². The minimum absolute atomic E-state index is 0.0630. The van der Waals surface area contributed by atoms with E-state index in [-0.39, 0.29) is 11.9 Å². The van der Waals surface area contributed by atoms with Crippen LogP contribution in [0.5, 0.6) is 0 Å². The van der Waals surface area contributed by atoms with Gasteiger partial charge >= 0.3 is 0 Å². The summed E-state index contributed by atoms with van der Waals surface area (Å²) in [5.74, 6) is 0.0630. The van der Waals surface area contributed by atoms with Crippen molar-refractivity contribution in [3.63, 3.8) is 0 Å². The van der Waals surface area contributed by atoms with Crippen LogP contribution in [0, 0.1) is 6.92 Å². The number of aromatic nitrogens is 1. The van der Waals surface area contributed by atoms with Crippen molar-refractivity contribution < 1.29 is 4.79 Å². The van der Waals surface area contributed by atoms with E-state index in [1.807, 2.05) is 75.5 Å². The molecule has 4 nitrogen and oxygen atoms in total. The second-order valence-electron chi connectivity index (χ2n) is 6.38. The molecule has 1 N–H and O–H groups in total. The highest BCUT2D eigenvalue weighted by atomic mass is 32.1. The van der Waals surface area contributed by atoms with Gasteiger partial charge in [-0.15, -0.1) is 11.3 Å². The summed E-state index contributed by atoms with van der Waals surface area (Å²) >= 11 is 1.64. The summed E-state index contributed by atoms with van der Waals surface area (Å²) in [6.45, 7) is 4.50. The lowest BCUT2D eigenvalue weighted by atomic mass is 10.1. The predicted octanol–water partition coefficient (Wildman–Crippen LogP) is 4.58. The van der Waals surface area contributed by atoms with Crippen LogP contribution in [0.4, 0.5) is 5.69 Å². The number of amides is 1. The summed E-state index contributed by atoms with van der Waals surface area (Å²) in [6, 6.07) is 17.8. The number of hydrogen-bond donors (Lipinski definition) is 1. The first-order valence-corrected chi connectivity index (χ1v) is 9.49. The summed E-state index contributed by atoms with van der Waals surface area (Å²) in [5.41, 5.74) is 4.12. The van der Waals surface area contributed by atoms with Crippen molar-refractivity contribution in [3.8, 4) is 11.3 Å². The Morgan fingerprint density at radius 2 is 1.85 bits per heavy atom. The van der Waals surface area contributed by atoms with Crippen LogP contribution in [0.2, 0.25) is 0 Å². The molecule has 1 heterocycles. The second-order valence-corrected chi connectivity index (χ2v) is 7.44. The Morgan fingerprint density at radius 3 is 2.46 bits per heavy atom. The summed E-state index contributed by atoms with van der Waals surface area (Å²) in [5, 5.41) is 6.40. The predicted molar refractivity (Wildman–Crippen MR) is 108 cm³/mol. The molecule has 3 aromatic rings. The average Bonchev–Trinajstić information content (AvgIpc) is 3.09. The molecule has 0 saturated heterocycles. The maximum Gasteiger partial charge on any atom is 0.244 e. The van der Waals surface area contributed by atoms with Crippen molar-refractivity contribution >= 4 is 22.9 Å². The topological polar surface area (TPSA) is 45.2 Å². The highest BCUT2D eigenvalue weighted by molar-refractivity contribution is 7.09. The molecule has 5 heteroatoms. The third kappa shape index (κ3) is 4.49. The van der Waals surface area contributed by atoms with Crippen LogP contribution in [0.25, 0.3) is 11.3 Å². The first-order chi connectivity index (χ1) is 12.5. The number of nitrogens with zero attached hydrogens (tertiary/aromatic N) is 2. The average molecular weight is 366 g/mol. The van der Waals surface area contributed by atoms with Crippen LogP contribution in [0.1, 0.15) is 17.5 Å². The molecule has 0 saturated carbocycles. The van der Waals surface area contributed by atoms with Crippen molar-refractivity contribution in [2.75, 3.05) is 12.4 Å². The lowest BCUT2D eigenvalue weighted by molar-refractivity contribution is -0.130. The Hall–Kier alpha value is -2.66. The lowest BCUT2D eigenvalue weighted by Gasteiger charge is -2.23. The standard InChI is InChI=1S/C21H23N3OS/c1-15(21(25)24(3)13-17-7-5-4-6-8-17)22-19-11-9-18(10-12-19)20-14-26-16(2)23-20/h4-12,14-15,22H,13H2,1-3H3. The molecule has 0 aliphatic rings. The molecular weight excluding hydrogens is 342 g/mol. The van der Waals surface area contributed by atoms with E-state index < -0.39 is 0 Å². The van der Waals surface area contributed by atoms with Gasteiger partial charge in [0.05, 0.1) is 10.7 Å². The van der Waals surface area contributed by atoms with E-state index in [1.165, 1.54) is 0 Å². The monoisotopic (exact) mass is 365 g/mol. The van der Waals surface area contributed by atoms with Gasteiger partial charge < -0.3 is 10.2 Å². The van der Waals surface area contributed by atoms with Crippen LogP contribution in [-0.4, -0.2) is 28.9 Å². The number of anilines is 1. The number of aryl methyl sites for hydroxylation is 1. The van der Waals surface area contributed by atoms with Gasteiger partial charge in [0.1, 0.15) is 6.04 Å². The zero-order chi connectivity index (χ0) is 18.5. The van der Waals surface area contributed by atoms with Crippen LogP contribution in [0.15, 0.2) is 60.0 Å². The van der Waals surface area contributed by atoms with Gasteiger partial charge in [-0.3, -0.25) is 4.79 Å². The fraction of sp³-hybridized carbons (Fsp3) is 0.238. The van der Waals surface area contributed by atoms with Crippen LogP contribution >= 0.6 is 11.3 Å². The molecule has 0 bridgehead atoms. The smallest absolute Gasteiger partial charge is 0.244 e. The van der Waals surface area contributed by atoms with E-state index in [9.17, 15) is 4.79 Å². The van der Waals surface area contributed by atoms with Gasteiger partial charge in [0.15, 0.2) is 0 Å². The number of hydrogen-bond acceptors (Lipinski definition) is 4.